The summed E-state index contributed by atoms with van der Waals surface area (Å²) >= 11 is 6.98. The summed E-state index contributed by atoms with van der Waals surface area (Å²) in [6.07, 6.45) is 0.579. The summed E-state index contributed by atoms with van der Waals surface area (Å²) in [4.78, 5) is 12.4. The van der Waals surface area contributed by atoms with Gasteiger partial charge in [-0.1, -0.05) is 11.6 Å². The van der Waals surface area contributed by atoms with Gasteiger partial charge in [-0.15, -0.1) is 11.3 Å². The van der Waals surface area contributed by atoms with Gasteiger partial charge in [-0.3, -0.25) is 4.79 Å². The molecule has 1 saturated carbocycles. The Balaban J connectivity index is 1.92. The predicted molar refractivity (Wildman–Crippen MR) is 66.4 cm³/mol. The minimum atomic E-state index is -0.530. The number of rotatable bonds is 3. The lowest BCUT2D eigenvalue weighted by Crippen LogP contribution is -2.32. The number of amides is 1. The molecule has 1 aromatic rings. The Kier molecular flexibility index (Phi) is 4.04. The molecule has 94 valence electrons. The van der Waals surface area contributed by atoms with E-state index in [1.807, 2.05) is 0 Å². The minimum Gasteiger partial charge on any atom is -0.396 e. The summed E-state index contributed by atoms with van der Waals surface area (Å²) in [5.74, 6) is -0.301. The lowest BCUT2D eigenvalue weighted by atomic mass is 10.1. The normalized spacial score (nSPS) is 28.3. The molecule has 1 amide bonds. The fourth-order valence-corrected chi connectivity index (χ4v) is 3.06. The van der Waals surface area contributed by atoms with Crippen molar-refractivity contribution in [3.05, 3.63) is 21.3 Å². The highest BCUT2D eigenvalue weighted by molar-refractivity contribution is 7.17. The van der Waals surface area contributed by atoms with Crippen LogP contribution in [0.25, 0.3) is 0 Å². The second-order valence-corrected chi connectivity index (χ2v) is 5.97. The minimum absolute atomic E-state index is 0.0433. The molecular formula is C11H14ClNO3S. The van der Waals surface area contributed by atoms with Crippen LogP contribution < -0.4 is 5.32 Å². The molecule has 0 aliphatic heterocycles. The maximum atomic E-state index is 11.8. The Labute approximate surface area is 108 Å². The molecule has 0 spiro atoms. The van der Waals surface area contributed by atoms with Gasteiger partial charge in [0, 0.05) is 18.6 Å². The number of carbonyl (C=O) groups excluding carboxylic acids is 1. The van der Waals surface area contributed by atoms with Gasteiger partial charge < -0.3 is 15.5 Å². The van der Waals surface area contributed by atoms with Crippen LogP contribution in [0.15, 0.2) is 12.1 Å². The number of hydrogen-bond acceptors (Lipinski definition) is 4. The van der Waals surface area contributed by atoms with E-state index in [1.54, 1.807) is 12.1 Å². The van der Waals surface area contributed by atoms with Crippen LogP contribution in [0.4, 0.5) is 0 Å². The summed E-state index contributed by atoms with van der Waals surface area (Å²) < 4.78 is 0.579. The maximum absolute atomic E-state index is 11.8. The fraction of sp³-hybridized carbons (Fsp3) is 0.545. The Bertz CT molecular complexity index is 409. The van der Waals surface area contributed by atoms with Gasteiger partial charge >= 0.3 is 0 Å². The topological polar surface area (TPSA) is 69.6 Å². The molecule has 2 rings (SSSR count). The van der Waals surface area contributed by atoms with E-state index in [1.165, 1.54) is 11.3 Å². The van der Waals surface area contributed by atoms with E-state index in [-0.39, 0.29) is 24.5 Å². The monoisotopic (exact) mass is 275 g/mol. The van der Waals surface area contributed by atoms with Gasteiger partial charge in [0.15, 0.2) is 0 Å². The molecule has 0 radical (unpaired) electrons. The van der Waals surface area contributed by atoms with Gasteiger partial charge in [-0.25, -0.2) is 0 Å². The molecule has 1 aromatic heterocycles. The van der Waals surface area contributed by atoms with Crippen molar-refractivity contribution in [1.29, 1.82) is 0 Å². The van der Waals surface area contributed by atoms with E-state index in [2.05, 4.69) is 5.32 Å². The highest BCUT2D eigenvalue weighted by Crippen LogP contribution is 2.27. The van der Waals surface area contributed by atoms with E-state index in [9.17, 15) is 9.90 Å². The van der Waals surface area contributed by atoms with Gasteiger partial charge in [0.2, 0.25) is 0 Å². The van der Waals surface area contributed by atoms with Crippen LogP contribution in [-0.2, 0) is 0 Å². The SMILES string of the molecule is O=C(N[C@H]1C[C@@H](CO)[C@@H](O)C1)c1ccc(Cl)s1. The maximum Gasteiger partial charge on any atom is 0.261 e. The summed E-state index contributed by atoms with van der Waals surface area (Å²) in [5, 5.41) is 21.5. The number of hydrogen-bond donors (Lipinski definition) is 3. The third-order valence-corrected chi connectivity index (χ3v) is 4.25. The number of aliphatic hydroxyl groups is 2. The molecule has 0 aromatic carbocycles. The zero-order valence-corrected chi connectivity index (χ0v) is 10.7. The van der Waals surface area contributed by atoms with E-state index >= 15 is 0 Å². The van der Waals surface area contributed by atoms with Crippen molar-refractivity contribution in [3.63, 3.8) is 0 Å². The average molecular weight is 276 g/mol. The molecular weight excluding hydrogens is 262 g/mol. The summed E-state index contributed by atoms with van der Waals surface area (Å²) in [7, 11) is 0. The first kappa shape index (κ1) is 12.8. The van der Waals surface area contributed by atoms with Gasteiger partial charge in [0.05, 0.1) is 15.3 Å². The molecule has 4 nitrogen and oxygen atoms in total. The zero-order chi connectivity index (χ0) is 12.4. The van der Waals surface area contributed by atoms with Crippen molar-refractivity contribution >= 4 is 28.8 Å². The molecule has 0 saturated heterocycles. The predicted octanol–water partition coefficient (Wildman–Crippen LogP) is 1.26. The summed E-state index contributed by atoms with van der Waals surface area (Å²) in [6, 6.07) is 3.29. The summed E-state index contributed by atoms with van der Waals surface area (Å²) in [6.45, 7) is -0.0433. The molecule has 0 unspecified atom stereocenters. The standard InChI is InChI=1S/C11H14ClNO3S/c12-10-2-1-9(17-10)11(16)13-7-3-6(5-14)8(15)4-7/h1-2,6-8,14-15H,3-5H2,(H,13,16)/t6-,7-,8-/m0/s1. The van der Waals surface area contributed by atoms with Gasteiger partial charge in [0.1, 0.15) is 0 Å². The van der Waals surface area contributed by atoms with Crippen molar-refractivity contribution in [2.24, 2.45) is 5.92 Å². The number of thiophene rings is 1. The lowest BCUT2D eigenvalue weighted by Gasteiger charge is -2.11. The van der Waals surface area contributed by atoms with Crippen molar-refractivity contribution in [3.8, 4) is 0 Å². The second-order valence-electron chi connectivity index (χ2n) is 4.26. The Morgan fingerprint density at radius 1 is 1.53 bits per heavy atom. The Morgan fingerprint density at radius 2 is 2.29 bits per heavy atom. The van der Waals surface area contributed by atoms with Crippen molar-refractivity contribution in [2.75, 3.05) is 6.61 Å². The van der Waals surface area contributed by atoms with E-state index in [0.29, 0.717) is 22.1 Å². The van der Waals surface area contributed by atoms with Crippen molar-refractivity contribution < 1.29 is 15.0 Å². The largest absolute Gasteiger partial charge is 0.396 e. The van der Waals surface area contributed by atoms with E-state index in [4.69, 9.17) is 16.7 Å². The molecule has 1 fully saturated rings. The number of aliphatic hydroxyl groups excluding tert-OH is 2. The number of carbonyl (C=O) groups is 1. The van der Waals surface area contributed by atoms with Gasteiger partial charge in [-0.2, -0.15) is 0 Å². The quantitative estimate of drug-likeness (QED) is 0.778. The summed E-state index contributed by atoms with van der Waals surface area (Å²) in [5.41, 5.74) is 0. The lowest BCUT2D eigenvalue weighted by molar-refractivity contribution is 0.0904. The van der Waals surface area contributed by atoms with Crippen molar-refractivity contribution in [2.45, 2.75) is 25.0 Å². The van der Waals surface area contributed by atoms with Gasteiger partial charge in [-0.05, 0) is 25.0 Å². The first-order valence-corrected chi connectivity index (χ1v) is 6.64. The van der Waals surface area contributed by atoms with Crippen LogP contribution in [0.1, 0.15) is 22.5 Å². The third-order valence-electron chi connectivity index (χ3n) is 3.02. The van der Waals surface area contributed by atoms with Crippen LogP contribution in [0.2, 0.25) is 4.34 Å². The van der Waals surface area contributed by atoms with E-state index in [0.717, 1.165) is 0 Å². The molecule has 6 heteroatoms. The van der Waals surface area contributed by atoms with Crippen LogP contribution in [0.3, 0.4) is 0 Å². The molecule has 0 bridgehead atoms. The molecule has 1 aliphatic carbocycles. The van der Waals surface area contributed by atoms with Crippen LogP contribution >= 0.6 is 22.9 Å². The number of halogens is 1. The molecule has 3 atom stereocenters. The fourth-order valence-electron chi connectivity index (χ4n) is 2.11. The van der Waals surface area contributed by atoms with E-state index < -0.39 is 6.10 Å². The van der Waals surface area contributed by atoms with Crippen LogP contribution in [0.5, 0.6) is 0 Å². The molecule has 3 N–H and O–H groups in total. The third kappa shape index (κ3) is 2.98. The number of nitrogens with one attached hydrogen (secondary N) is 1. The average Bonchev–Trinajstić information content (AvgIpc) is 2.85. The second kappa shape index (κ2) is 5.35. The Hall–Kier alpha value is -0.620. The molecule has 1 heterocycles. The first-order chi connectivity index (χ1) is 8.10. The molecule has 17 heavy (non-hydrogen) atoms. The van der Waals surface area contributed by atoms with Crippen LogP contribution in [-0.4, -0.2) is 34.9 Å². The smallest absolute Gasteiger partial charge is 0.261 e. The zero-order valence-electron chi connectivity index (χ0n) is 9.10. The highest BCUT2D eigenvalue weighted by Gasteiger charge is 2.33. The van der Waals surface area contributed by atoms with Gasteiger partial charge in [0.25, 0.3) is 5.91 Å². The van der Waals surface area contributed by atoms with Crippen LogP contribution in [0, 0.1) is 5.92 Å². The molecule has 1 aliphatic rings. The first-order valence-electron chi connectivity index (χ1n) is 5.45. The van der Waals surface area contributed by atoms with Crippen molar-refractivity contribution in [1.82, 2.24) is 5.32 Å². The highest BCUT2D eigenvalue weighted by atomic mass is 35.5. The Morgan fingerprint density at radius 3 is 2.82 bits per heavy atom.